The van der Waals surface area contributed by atoms with Crippen molar-refractivity contribution in [3.8, 4) is 0 Å². The van der Waals surface area contributed by atoms with Crippen molar-refractivity contribution in [1.29, 1.82) is 0 Å². The van der Waals surface area contributed by atoms with Crippen molar-refractivity contribution < 1.29 is 4.79 Å². The van der Waals surface area contributed by atoms with Gasteiger partial charge in [-0.3, -0.25) is 4.79 Å². The van der Waals surface area contributed by atoms with Gasteiger partial charge in [-0.05, 0) is 34.7 Å². The number of aromatic nitrogens is 3. The Labute approximate surface area is 81.7 Å². The molecule has 60 valence electrons. The molecule has 4 nitrogen and oxygen atoms in total. The van der Waals surface area contributed by atoms with Gasteiger partial charge < -0.3 is 0 Å². The van der Waals surface area contributed by atoms with E-state index in [1.165, 1.54) is 0 Å². The van der Waals surface area contributed by atoms with Gasteiger partial charge in [0, 0.05) is 0 Å². The van der Waals surface area contributed by atoms with Gasteiger partial charge in [0.15, 0.2) is 11.9 Å². The summed E-state index contributed by atoms with van der Waals surface area (Å²) in [4.78, 5) is 14.3. The predicted molar refractivity (Wildman–Crippen MR) is 51.1 cm³/mol. The Morgan fingerprint density at radius 3 is 3.00 bits per heavy atom. The van der Waals surface area contributed by atoms with Gasteiger partial charge in [-0.1, -0.05) is 6.07 Å². The molecule has 2 rings (SSSR count). The van der Waals surface area contributed by atoms with Crippen molar-refractivity contribution in [2.75, 3.05) is 0 Å². The maximum absolute atomic E-state index is 10.3. The van der Waals surface area contributed by atoms with Crippen LogP contribution in [-0.4, -0.2) is 20.9 Å². The Balaban J connectivity index is 2.82. The Bertz CT molecular complexity index is 437. The monoisotopic (exact) mass is 273 g/mol. The fourth-order valence-corrected chi connectivity index (χ4v) is 1.50. The first-order valence-electron chi connectivity index (χ1n) is 3.28. The van der Waals surface area contributed by atoms with E-state index in [9.17, 15) is 4.79 Å². The summed E-state index contributed by atoms with van der Waals surface area (Å²) in [7, 11) is 0. The van der Waals surface area contributed by atoms with Crippen LogP contribution >= 0.6 is 22.6 Å². The highest BCUT2D eigenvalue weighted by Crippen LogP contribution is 2.06. The van der Waals surface area contributed by atoms with Gasteiger partial charge in [0.2, 0.25) is 5.82 Å². The van der Waals surface area contributed by atoms with Gasteiger partial charge in [-0.2, -0.15) is 0 Å². The molecule has 0 radical (unpaired) electrons. The molecular formula is C7H4IN3O. The number of carbonyl (C=O) groups is 1. The first-order chi connectivity index (χ1) is 5.81. The fourth-order valence-electron chi connectivity index (χ4n) is 0.940. The highest BCUT2D eigenvalue weighted by molar-refractivity contribution is 14.1. The largest absolute Gasteiger partial charge is 0.294 e. The van der Waals surface area contributed by atoms with E-state index in [0.29, 0.717) is 11.9 Å². The molecule has 0 unspecified atom stereocenters. The fraction of sp³-hybridized carbons (Fsp3) is 0. The van der Waals surface area contributed by atoms with Crippen LogP contribution in [0.3, 0.4) is 0 Å². The molecule has 0 spiro atoms. The molecule has 2 aromatic heterocycles. The second-order valence-corrected chi connectivity index (χ2v) is 3.31. The zero-order valence-corrected chi connectivity index (χ0v) is 8.09. The summed E-state index contributed by atoms with van der Waals surface area (Å²) in [6, 6.07) is 5.58. The van der Waals surface area contributed by atoms with E-state index >= 15 is 0 Å². The van der Waals surface area contributed by atoms with E-state index in [1.807, 2.05) is 18.2 Å². The average Bonchev–Trinajstić information content (AvgIpc) is 2.49. The minimum atomic E-state index is 0.221. The van der Waals surface area contributed by atoms with E-state index in [1.54, 1.807) is 4.52 Å². The molecule has 0 aromatic carbocycles. The molecule has 12 heavy (non-hydrogen) atoms. The molecule has 0 aliphatic heterocycles. The van der Waals surface area contributed by atoms with Gasteiger partial charge in [-0.15, -0.1) is 5.10 Å². The van der Waals surface area contributed by atoms with Gasteiger partial charge >= 0.3 is 0 Å². The van der Waals surface area contributed by atoms with E-state index in [0.717, 1.165) is 3.70 Å². The van der Waals surface area contributed by atoms with E-state index in [2.05, 4.69) is 32.7 Å². The number of fused-ring (bicyclic) bond motifs is 1. The summed E-state index contributed by atoms with van der Waals surface area (Å²) in [5, 5.41) is 3.96. The summed E-state index contributed by atoms with van der Waals surface area (Å²) >= 11 is 2.13. The third-order valence-electron chi connectivity index (χ3n) is 1.44. The second kappa shape index (κ2) is 2.81. The Morgan fingerprint density at radius 1 is 1.50 bits per heavy atom. The van der Waals surface area contributed by atoms with Crippen molar-refractivity contribution in [1.82, 2.24) is 14.6 Å². The lowest BCUT2D eigenvalue weighted by molar-refractivity contribution is 0.111. The lowest BCUT2D eigenvalue weighted by Gasteiger charge is -1.91. The zero-order chi connectivity index (χ0) is 8.55. The molecule has 0 amide bonds. The first kappa shape index (κ1) is 7.66. The molecule has 2 aromatic rings. The molecule has 0 N–H and O–H groups in total. The third kappa shape index (κ3) is 1.09. The minimum absolute atomic E-state index is 0.221. The van der Waals surface area contributed by atoms with Crippen LogP contribution in [0.5, 0.6) is 0 Å². The van der Waals surface area contributed by atoms with Gasteiger partial charge in [0.25, 0.3) is 0 Å². The number of hydrogen-bond acceptors (Lipinski definition) is 3. The SMILES string of the molecule is O=Cc1nc2cccc(I)n2n1. The average molecular weight is 273 g/mol. The molecule has 5 heteroatoms. The number of aldehydes is 1. The molecular weight excluding hydrogens is 269 g/mol. The number of nitrogens with zero attached hydrogens (tertiary/aromatic N) is 3. The van der Waals surface area contributed by atoms with Crippen LogP contribution < -0.4 is 0 Å². The van der Waals surface area contributed by atoms with Crippen LogP contribution in [0, 0.1) is 3.70 Å². The highest BCUT2D eigenvalue weighted by atomic mass is 127. The molecule has 0 bridgehead atoms. The van der Waals surface area contributed by atoms with Crippen molar-refractivity contribution in [3.63, 3.8) is 0 Å². The molecule has 0 aliphatic rings. The van der Waals surface area contributed by atoms with Crippen LogP contribution in [-0.2, 0) is 0 Å². The summed E-state index contributed by atoms with van der Waals surface area (Å²) < 4.78 is 2.57. The lowest BCUT2D eigenvalue weighted by atomic mass is 10.5. The van der Waals surface area contributed by atoms with Crippen LogP contribution in [0.1, 0.15) is 10.6 Å². The van der Waals surface area contributed by atoms with Gasteiger partial charge in [0.05, 0.1) is 0 Å². The lowest BCUT2D eigenvalue weighted by Crippen LogP contribution is -1.92. The maximum Gasteiger partial charge on any atom is 0.215 e. The van der Waals surface area contributed by atoms with E-state index in [-0.39, 0.29) is 5.82 Å². The Hall–Kier alpha value is -0.980. The van der Waals surface area contributed by atoms with Gasteiger partial charge in [0.1, 0.15) is 3.70 Å². The topological polar surface area (TPSA) is 47.3 Å². The summed E-state index contributed by atoms with van der Waals surface area (Å²) in [6.07, 6.45) is 0.642. The molecule has 0 saturated heterocycles. The maximum atomic E-state index is 10.3. The summed E-state index contributed by atoms with van der Waals surface area (Å²) in [5.41, 5.74) is 0.698. The number of pyridine rings is 1. The van der Waals surface area contributed by atoms with Crippen molar-refractivity contribution >= 4 is 34.5 Å². The van der Waals surface area contributed by atoms with Crippen LogP contribution in [0.25, 0.3) is 5.65 Å². The van der Waals surface area contributed by atoms with E-state index < -0.39 is 0 Å². The Kier molecular flexibility index (Phi) is 1.80. The van der Waals surface area contributed by atoms with Crippen LogP contribution in [0.4, 0.5) is 0 Å². The predicted octanol–water partition coefficient (Wildman–Crippen LogP) is 1.15. The van der Waals surface area contributed by atoms with Crippen molar-refractivity contribution in [2.24, 2.45) is 0 Å². The molecule has 0 aliphatic carbocycles. The zero-order valence-electron chi connectivity index (χ0n) is 5.94. The van der Waals surface area contributed by atoms with E-state index in [4.69, 9.17) is 0 Å². The van der Waals surface area contributed by atoms with Crippen LogP contribution in [0.2, 0.25) is 0 Å². The molecule has 0 saturated carbocycles. The molecule has 2 heterocycles. The number of carbonyl (C=O) groups excluding carboxylic acids is 1. The highest BCUT2D eigenvalue weighted by Gasteiger charge is 2.02. The quantitative estimate of drug-likeness (QED) is 0.445. The third-order valence-corrected chi connectivity index (χ3v) is 2.25. The van der Waals surface area contributed by atoms with Crippen molar-refractivity contribution in [2.45, 2.75) is 0 Å². The number of hydrogen-bond donors (Lipinski definition) is 0. The van der Waals surface area contributed by atoms with Crippen LogP contribution in [0.15, 0.2) is 18.2 Å². The smallest absolute Gasteiger partial charge is 0.215 e. The summed E-state index contributed by atoms with van der Waals surface area (Å²) in [5.74, 6) is 0.221. The first-order valence-corrected chi connectivity index (χ1v) is 4.35. The number of halogens is 1. The Morgan fingerprint density at radius 2 is 2.33 bits per heavy atom. The molecule has 0 fully saturated rings. The van der Waals surface area contributed by atoms with Gasteiger partial charge in [-0.25, -0.2) is 9.50 Å². The standard InChI is InChI=1S/C7H4IN3O/c8-5-2-1-3-7-9-6(4-12)10-11(5)7/h1-4H. The number of rotatable bonds is 1. The van der Waals surface area contributed by atoms with Crippen molar-refractivity contribution in [3.05, 3.63) is 27.7 Å². The minimum Gasteiger partial charge on any atom is -0.294 e. The summed E-state index contributed by atoms with van der Waals surface area (Å²) in [6.45, 7) is 0. The normalized spacial score (nSPS) is 10.4. The second-order valence-electron chi connectivity index (χ2n) is 2.21. The molecule has 0 atom stereocenters.